The Labute approximate surface area is 177 Å². The molecule has 0 unspecified atom stereocenters. The number of hydrogen-bond donors (Lipinski definition) is 1. The molecule has 9 heteroatoms. The second-order valence-corrected chi connectivity index (χ2v) is 8.74. The zero-order chi connectivity index (χ0) is 20.7. The minimum atomic E-state index is -0.0622. The van der Waals surface area contributed by atoms with Crippen LogP contribution in [0.15, 0.2) is 40.8 Å². The molecule has 4 aromatic heterocycles. The van der Waals surface area contributed by atoms with Crippen molar-refractivity contribution in [2.45, 2.75) is 51.6 Å². The van der Waals surface area contributed by atoms with Crippen molar-refractivity contribution < 1.29 is 0 Å². The number of nitrogens with zero attached hydrogens (tertiary/aromatic N) is 6. The van der Waals surface area contributed by atoms with Gasteiger partial charge in [0.1, 0.15) is 12.1 Å². The number of hydrogen-bond acceptors (Lipinski definition) is 7. The van der Waals surface area contributed by atoms with E-state index in [1.54, 1.807) is 39.2 Å². The minimum absolute atomic E-state index is 0.0622. The van der Waals surface area contributed by atoms with Gasteiger partial charge in [-0.25, -0.2) is 19.3 Å². The number of aryl methyl sites for hydroxylation is 2. The van der Waals surface area contributed by atoms with E-state index in [4.69, 9.17) is 0 Å². The highest BCUT2D eigenvalue weighted by molar-refractivity contribution is 7.17. The molecule has 1 saturated carbocycles. The van der Waals surface area contributed by atoms with Crippen LogP contribution in [-0.2, 0) is 0 Å². The molecule has 0 aliphatic heterocycles. The van der Waals surface area contributed by atoms with E-state index < -0.39 is 0 Å². The molecule has 0 saturated heterocycles. The summed E-state index contributed by atoms with van der Waals surface area (Å²) in [4.78, 5) is 21.3. The second kappa shape index (κ2) is 7.64. The SMILES string of the molecule is Cc1cc(C)n(-c2ccc(=O)n(C3CCC(Nc4ncnc5ccsc45)CC3)n2)n1. The molecule has 1 aliphatic carbocycles. The molecule has 8 nitrogen and oxygen atoms in total. The maximum absolute atomic E-state index is 12.5. The molecule has 154 valence electrons. The van der Waals surface area contributed by atoms with Crippen molar-refractivity contribution in [1.82, 2.24) is 29.5 Å². The van der Waals surface area contributed by atoms with Crippen LogP contribution in [0.3, 0.4) is 0 Å². The lowest BCUT2D eigenvalue weighted by Crippen LogP contribution is -2.33. The largest absolute Gasteiger partial charge is 0.366 e. The van der Waals surface area contributed by atoms with E-state index in [0.29, 0.717) is 11.9 Å². The highest BCUT2D eigenvalue weighted by Crippen LogP contribution is 2.31. The Balaban J connectivity index is 1.32. The minimum Gasteiger partial charge on any atom is -0.366 e. The van der Waals surface area contributed by atoms with Gasteiger partial charge in [0.2, 0.25) is 0 Å². The van der Waals surface area contributed by atoms with Crippen molar-refractivity contribution in [3.05, 3.63) is 57.7 Å². The standard InChI is InChI=1S/C21H23N7OS/c1-13-11-14(2)27(25-13)18-7-8-19(29)28(26-18)16-5-3-15(4-6-16)24-21-20-17(9-10-30-20)22-12-23-21/h7-12,15-16H,3-6H2,1-2H3,(H,22,23,24). The smallest absolute Gasteiger partial charge is 0.267 e. The molecule has 0 atom stereocenters. The quantitative estimate of drug-likeness (QED) is 0.541. The third-order valence-electron chi connectivity index (χ3n) is 5.66. The van der Waals surface area contributed by atoms with E-state index >= 15 is 0 Å². The third kappa shape index (κ3) is 3.49. The van der Waals surface area contributed by atoms with Crippen molar-refractivity contribution in [1.29, 1.82) is 0 Å². The summed E-state index contributed by atoms with van der Waals surface area (Å²) in [7, 11) is 0. The Morgan fingerprint density at radius 2 is 1.90 bits per heavy atom. The van der Waals surface area contributed by atoms with E-state index in [2.05, 4.69) is 25.5 Å². The summed E-state index contributed by atoms with van der Waals surface area (Å²) in [5, 5.41) is 14.8. The second-order valence-electron chi connectivity index (χ2n) is 7.82. The van der Waals surface area contributed by atoms with Gasteiger partial charge < -0.3 is 5.32 Å². The van der Waals surface area contributed by atoms with Crippen LogP contribution in [0.2, 0.25) is 0 Å². The fourth-order valence-corrected chi connectivity index (χ4v) is 5.00. The molecule has 1 N–H and O–H groups in total. The number of anilines is 1. The third-order valence-corrected chi connectivity index (χ3v) is 6.57. The fourth-order valence-electron chi connectivity index (χ4n) is 4.20. The summed E-state index contributed by atoms with van der Waals surface area (Å²) in [6.07, 6.45) is 5.31. The highest BCUT2D eigenvalue weighted by atomic mass is 32.1. The molecule has 4 heterocycles. The predicted molar refractivity (Wildman–Crippen MR) is 117 cm³/mol. The molecule has 4 aromatic rings. The van der Waals surface area contributed by atoms with Crippen LogP contribution in [0.1, 0.15) is 43.1 Å². The molecule has 1 aliphatic rings. The first-order chi connectivity index (χ1) is 14.6. The number of aromatic nitrogens is 6. The van der Waals surface area contributed by atoms with Gasteiger partial charge in [0, 0.05) is 17.8 Å². The van der Waals surface area contributed by atoms with E-state index in [9.17, 15) is 4.79 Å². The van der Waals surface area contributed by atoms with Crippen LogP contribution in [-0.4, -0.2) is 35.6 Å². The summed E-state index contributed by atoms with van der Waals surface area (Å²) in [6, 6.07) is 7.78. The van der Waals surface area contributed by atoms with Gasteiger partial charge in [-0.3, -0.25) is 4.79 Å². The number of nitrogens with one attached hydrogen (secondary N) is 1. The van der Waals surface area contributed by atoms with Gasteiger partial charge in [-0.05, 0) is 63.1 Å². The van der Waals surface area contributed by atoms with Crippen LogP contribution >= 0.6 is 11.3 Å². The van der Waals surface area contributed by atoms with Crippen molar-refractivity contribution >= 4 is 27.4 Å². The molecule has 5 rings (SSSR count). The van der Waals surface area contributed by atoms with Crippen molar-refractivity contribution in [3.8, 4) is 5.82 Å². The molecule has 0 radical (unpaired) electrons. The lowest BCUT2D eigenvalue weighted by Gasteiger charge is -2.30. The topological polar surface area (TPSA) is 90.5 Å². The van der Waals surface area contributed by atoms with Crippen LogP contribution in [0, 0.1) is 13.8 Å². The molecule has 0 amide bonds. The first-order valence-electron chi connectivity index (χ1n) is 10.2. The van der Waals surface area contributed by atoms with Crippen LogP contribution < -0.4 is 10.9 Å². The lowest BCUT2D eigenvalue weighted by molar-refractivity contribution is 0.302. The molecular formula is C21H23N7OS. The monoisotopic (exact) mass is 421 g/mol. The normalized spacial score (nSPS) is 19.3. The van der Waals surface area contributed by atoms with Crippen molar-refractivity contribution in [2.24, 2.45) is 0 Å². The Morgan fingerprint density at radius 3 is 2.67 bits per heavy atom. The van der Waals surface area contributed by atoms with E-state index in [-0.39, 0.29) is 11.6 Å². The Morgan fingerprint density at radius 1 is 1.07 bits per heavy atom. The zero-order valence-electron chi connectivity index (χ0n) is 16.9. The van der Waals surface area contributed by atoms with Gasteiger partial charge in [-0.15, -0.1) is 16.4 Å². The maximum atomic E-state index is 12.5. The van der Waals surface area contributed by atoms with Gasteiger partial charge in [0.25, 0.3) is 5.56 Å². The van der Waals surface area contributed by atoms with Crippen molar-refractivity contribution in [3.63, 3.8) is 0 Å². The highest BCUT2D eigenvalue weighted by Gasteiger charge is 2.25. The van der Waals surface area contributed by atoms with Gasteiger partial charge >= 0.3 is 0 Å². The Bertz CT molecular complexity index is 1250. The maximum Gasteiger partial charge on any atom is 0.267 e. The average Bonchev–Trinajstić information content (AvgIpc) is 3.36. The fraction of sp³-hybridized carbons (Fsp3) is 0.381. The van der Waals surface area contributed by atoms with Crippen LogP contribution in [0.25, 0.3) is 16.0 Å². The van der Waals surface area contributed by atoms with Gasteiger partial charge in [0.05, 0.1) is 22.0 Å². The summed E-state index contributed by atoms with van der Waals surface area (Å²) in [5.74, 6) is 1.58. The van der Waals surface area contributed by atoms with Crippen molar-refractivity contribution in [2.75, 3.05) is 5.32 Å². The lowest BCUT2D eigenvalue weighted by atomic mass is 9.91. The number of thiophene rings is 1. The predicted octanol–water partition coefficient (Wildman–Crippen LogP) is 3.65. The molecule has 0 aromatic carbocycles. The Hall–Kier alpha value is -3.07. The van der Waals surface area contributed by atoms with E-state index in [1.807, 2.05) is 31.4 Å². The summed E-state index contributed by atoms with van der Waals surface area (Å²) in [6.45, 7) is 3.95. The van der Waals surface area contributed by atoms with E-state index in [1.165, 1.54) is 0 Å². The Kier molecular flexibility index (Phi) is 4.82. The molecule has 0 spiro atoms. The summed E-state index contributed by atoms with van der Waals surface area (Å²) < 4.78 is 4.53. The summed E-state index contributed by atoms with van der Waals surface area (Å²) >= 11 is 1.65. The first-order valence-corrected chi connectivity index (χ1v) is 11.0. The molecule has 0 bridgehead atoms. The zero-order valence-corrected chi connectivity index (χ0v) is 17.8. The summed E-state index contributed by atoms with van der Waals surface area (Å²) in [5.41, 5.74) is 2.85. The van der Waals surface area contributed by atoms with Gasteiger partial charge in [-0.2, -0.15) is 5.10 Å². The van der Waals surface area contributed by atoms with Gasteiger partial charge in [0.15, 0.2) is 5.82 Å². The molecule has 30 heavy (non-hydrogen) atoms. The van der Waals surface area contributed by atoms with Crippen LogP contribution in [0.4, 0.5) is 5.82 Å². The first kappa shape index (κ1) is 18.9. The number of rotatable bonds is 4. The van der Waals surface area contributed by atoms with Crippen LogP contribution in [0.5, 0.6) is 0 Å². The number of fused-ring (bicyclic) bond motifs is 1. The average molecular weight is 422 g/mol. The molecular weight excluding hydrogens is 398 g/mol. The van der Waals surface area contributed by atoms with Gasteiger partial charge in [-0.1, -0.05) is 0 Å². The van der Waals surface area contributed by atoms with E-state index in [0.717, 1.165) is 53.1 Å². The molecule has 1 fully saturated rings.